The minimum atomic E-state index is -0.956. The van der Waals surface area contributed by atoms with Crippen LogP contribution < -0.4 is 10.2 Å². The van der Waals surface area contributed by atoms with Gasteiger partial charge in [-0.25, -0.2) is 4.79 Å². The van der Waals surface area contributed by atoms with E-state index in [1.165, 1.54) is 13.2 Å². The van der Waals surface area contributed by atoms with E-state index in [1.54, 1.807) is 12.1 Å². The summed E-state index contributed by atoms with van der Waals surface area (Å²) in [5.74, 6) is -1.19. The van der Waals surface area contributed by atoms with E-state index in [0.717, 1.165) is 5.69 Å². The van der Waals surface area contributed by atoms with Crippen molar-refractivity contribution in [1.29, 1.82) is 0 Å². The predicted octanol–water partition coefficient (Wildman–Crippen LogP) is 1.51. The molecule has 0 spiro atoms. The molecule has 1 aromatic rings. The fourth-order valence-electron chi connectivity index (χ4n) is 1.83. The number of ether oxygens (including phenoxy) is 3. The van der Waals surface area contributed by atoms with E-state index in [1.807, 2.05) is 31.1 Å². The molecule has 0 saturated carbocycles. The Balaban J connectivity index is 1.89. The van der Waals surface area contributed by atoms with E-state index in [9.17, 15) is 9.59 Å². The maximum atomic E-state index is 12.1. The molecule has 0 aliphatic carbocycles. The summed E-state index contributed by atoms with van der Waals surface area (Å²) in [6, 6.07) is 7.32. The van der Waals surface area contributed by atoms with E-state index in [2.05, 4.69) is 5.32 Å². The van der Waals surface area contributed by atoms with Gasteiger partial charge in [0.25, 0.3) is 5.91 Å². The lowest BCUT2D eigenvalue weighted by Crippen LogP contribution is -2.31. The van der Waals surface area contributed by atoms with Crippen LogP contribution in [0.3, 0.4) is 0 Å². The van der Waals surface area contributed by atoms with Gasteiger partial charge in [-0.15, -0.1) is 0 Å². The number of hydrogen-bond donors (Lipinski definition) is 1. The zero-order chi connectivity index (χ0) is 16.8. The summed E-state index contributed by atoms with van der Waals surface area (Å²) < 4.78 is 15.1. The van der Waals surface area contributed by atoms with Gasteiger partial charge in [-0.05, 0) is 31.2 Å². The van der Waals surface area contributed by atoms with Gasteiger partial charge in [-0.2, -0.15) is 0 Å². The van der Waals surface area contributed by atoms with Gasteiger partial charge < -0.3 is 24.4 Å². The predicted molar refractivity (Wildman–Crippen MR) is 84.9 cm³/mol. The van der Waals surface area contributed by atoms with E-state index >= 15 is 0 Å². The van der Waals surface area contributed by atoms with Crippen LogP contribution in [0.25, 0.3) is 0 Å². The number of nitrogens with one attached hydrogen (secondary N) is 1. The Morgan fingerprint density at radius 2 is 1.91 bits per heavy atom. The van der Waals surface area contributed by atoms with Crippen molar-refractivity contribution in [1.82, 2.24) is 0 Å². The summed E-state index contributed by atoms with van der Waals surface area (Å²) >= 11 is 0. The molecule has 2 rings (SSSR count). The zero-order valence-electron chi connectivity index (χ0n) is 13.4. The second-order valence-electron chi connectivity index (χ2n) is 5.18. The number of carbonyl (C=O) groups is 2. The summed E-state index contributed by atoms with van der Waals surface area (Å²) in [6.07, 6.45) is 0.235. The largest absolute Gasteiger partial charge is 0.493 e. The number of carbonyl (C=O) groups excluding carboxylic acids is 2. The highest BCUT2D eigenvalue weighted by atomic mass is 16.6. The second-order valence-corrected chi connectivity index (χ2v) is 5.18. The number of hydrogen-bond acceptors (Lipinski definition) is 6. The molecule has 23 heavy (non-hydrogen) atoms. The first-order valence-electron chi connectivity index (χ1n) is 7.21. The zero-order valence-corrected chi connectivity index (χ0v) is 13.4. The van der Waals surface area contributed by atoms with Crippen LogP contribution in [0.5, 0.6) is 0 Å². The Labute approximate surface area is 134 Å². The summed E-state index contributed by atoms with van der Waals surface area (Å²) in [6.45, 7) is 2.15. The highest BCUT2D eigenvalue weighted by molar-refractivity contribution is 5.96. The van der Waals surface area contributed by atoms with Gasteiger partial charge in [0.1, 0.15) is 19.5 Å². The van der Waals surface area contributed by atoms with E-state index in [-0.39, 0.29) is 12.4 Å². The van der Waals surface area contributed by atoms with E-state index < -0.39 is 18.0 Å². The molecule has 0 fully saturated rings. The van der Waals surface area contributed by atoms with Crippen molar-refractivity contribution in [2.24, 2.45) is 0 Å². The number of anilines is 2. The Bertz CT molecular complexity index is 595. The summed E-state index contributed by atoms with van der Waals surface area (Å²) in [5, 5.41) is 2.69. The molecule has 1 heterocycles. The van der Waals surface area contributed by atoms with Gasteiger partial charge in [0.2, 0.25) is 5.76 Å². The van der Waals surface area contributed by atoms with Gasteiger partial charge in [0, 0.05) is 25.5 Å². The average molecular weight is 320 g/mol. The highest BCUT2D eigenvalue weighted by Crippen LogP contribution is 2.16. The standard InChI is InChI=1S/C16H20N2O5/c1-11(23-16(20)14-10-21-8-9-22-14)15(19)17-12-4-6-13(7-5-12)18(2)3/h4-7,10-11H,8-9H2,1-3H3,(H,17,19)/t11-/m0/s1. The topological polar surface area (TPSA) is 77.1 Å². The van der Waals surface area contributed by atoms with Crippen molar-refractivity contribution in [3.05, 3.63) is 36.3 Å². The fraction of sp³-hybridized carbons (Fsp3) is 0.375. The molecule has 1 aliphatic rings. The maximum absolute atomic E-state index is 12.1. The van der Waals surface area contributed by atoms with Gasteiger partial charge >= 0.3 is 5.97 Å². The molecule has 0 saturated heterocycles. The molecule has 1 atom stereocenters. The highest BCUT2D eigenvalue weighted by Gasteiger charge is 2.23. The minimum Gasteiger partial charge on any atom is -0.493 e. The molecule has 0 bridgehead atoms. The quantitative estimate of drug-likeness (QED) is 0.829. The molecular formula is C16H20N2O5. The number of nitrogens with zero attached hydrogens (tertiary/aromatic N) is 1. The van der Waals surface area contributed by atoms with Crippen LogP contribution in [0, 0.1) is 0 Å². The molecular weight excluding hydrogens is 300 g/mol. The molecule has 0 unspecified atom stereocenters. The van der Waals surface area contributed by atoms with E-state index in [4.69, 9.17) is 14.2 Å². The Hall–Kier alpha value is -2.70. The number of amides is 1. The van der Waals surface area contributed by atoms with Crippen LogP contribution in [-0.4, -0.2) is 45.3 Å². The first kappa shape index (κ1) is 16.7. The minimum absolute atomic E-state index is 0.0359. The van der Waals surface area contributed by atoms with Gasteiger partial charge in [0.05, 0.1) is 0 Å². The number of benzene rings is 1. The van der Waals surface area contributed by atoms with Gasteiger partial charge in [0.15, 0.2) is 6.10 Å². The lowest BCUT2D eigenvalue weighted by atomic mass is 10.2. The van der Waals surface area contributed by atoms with Crippen LogP contribution in [0.15, 0.2) is 36.3 Å². The number of esters is 1. The SMILES string of the molecule is C[C@H](OC(=O)C1=COCCO1)C(=O)Nc1ccc(N(C)C)cc1. The molecule has 1 N–H and O–H groups in total. The monoisotopic (exact) mass is 320 g/mol. The van der Waals surface area contributed by atoms with Gasteiger partial charge in [-0.1, -0.05) is 0 Å². The summed E-state index contributed by atoms with van der Waals surface area (Å²) in [4.78, 5) is 25.8. The van der Waals surface area contributed by atoms with Crippen LogP contribution >= 0.6 is 0 Å². The van der Waals surface area contributed by atoms with Crippen molar-refractivity contribution >= 4 is 23.3 Å². The number of rotatable bonds is 5. The third kappa shape index (κ3) is 4.64. The first-order valence-corrected chi connectivity index (χ1v) is 7.21. The molecule has 0 aromatic heterocycles. The van der Waals surface area contributed by atoms with Crippen LogP contribution in [0.2, 0.25) is 0 Å². The smallest absolute Gasteiger partial charge is 0.377 e. The molecule has 1 amide bonds. The van der Waals surface area contributed by atoms with Gasteiger partial charge in [-0.3, -0.25) is 4.79 Å². The Morgan fingerprint density at radius 1 is 1.22 bits per heavy atom. The summed E-state index contributed by atoms with van der Waals surface area (Å²) in [7, 11) is 3.86. The molecule has 0 radical (unpaired) electrons. The first-order chi connectivity index (χ1) is 11.0. The van der Waals surface area contributed by atoms with Crippen molar-refractivity contribution < 1.29 is 23.8 Å². The van der Waals surface area contributed by atoms with E-state index in [0.29, 0.717) is 12.3 Å². The lowest BCUT2D eigenvalue weighted by Gasteiger charge is -2.17. The molecule has 1 aromatic carbocycles. The van der Waals surface area contributed by atoms with Crippen LogP contribution in [-0.2, 0) is 23.8 Å². The molecule has 124 valence electrons. The summed E-state index contributed by atoms with van der Waals surface area (Å²) in [5.41, 5.74) is 1.64. The molecule has 7 nitrogen and oxygen atoms in total. The lowest BCUT2D eigenvalue weighted by molar-refractivity contribution is -0.153. The Kier molecular flexibility index (Phi) is 5.46. The molecule has 1 aliphatic heterocycles. The average Bonchev–Trinajstić information content (AvgIpc) is 2.56. The van der Waals surface area contributed by atoms with Crippen molar-refractivity contribution in [3.63, 3.8) is 0 Å². The Morgan fingerprint density at radius 3 is 2.48 bits per heavy atom. The fourth-order valence-corrected chi connectivity index (χ4v) is 1.83. The van der Waals surface area contributed by atoms with Crippen LogP contribution in [0.1, 0.15) is 6.92 Å². The second kappa shape index (κ2) is 7.53. The van der Waals surface area contributed by atoms with Crippen molar-refractivity contribution in [3.8, 4) is 0 Å². The maximum Gasteiger partial charge on any atom is 0.377 e. The normalized spacial score (nSPS) is 14.7. The third-order valence-corrected chi connectivity index (χ3v) is 3.15. The molecule has 7 heteroatoms. The van der Waals surface area contributed by atoms with Crippen molar-refractivity contribution in [2.75, 3.05) is 37.5 Å². The third-order valence-electron chi connectivity index (χ3n) is 3.15. The van der Waals surface area contributed by atoms with Crippen molar-refractivity contribution in [2.45, 2.75) is 13.0 Å². The van der Waals surface area contributed by atoms with Crippen LogP contribution in [0.4, 0.5) is 11.4 Å².